The summed E-state index contributed by atoms with van der Waals surface area (Å²) in [6, 6.07) is 17.5. The van der Waals surface area contributed by atoms with Crippen LogP contribution in [0, 0.1) is 24.4 Å². The SMILES string of the molecule is Cc1cc(-c2ccc3c(c2)CC(c2ccc(C(OCc4c(F)cccc4F)(C(F)(F)F)C(F)(F)F)cc2)(S(=O)(=O)c2ccc(F)cc2)C3)ccn1. The number of ether oxygens (including phenoxy) is 1. The summed E-state index contributed by atoms with van der Waals surface area (Å²) in [5, 5.41) is 0. The molecule has 0 aliphatic heterocycles. The van der Waals surface area contributed by atoms with E-state index in [0.29, 0.717) is 41.0 Å². The number of alkyl halides is 6. The van der Waals surface area contributed by atoms with Crippen LogP contribution in [-0.2, 0) is 44.4 Å². The van der Waals surface area contributed by atoms with E-state index in [1.165, 1.54) is 0 Å². The average Bonchev–Trinajstić information content (AvgIpc) is 3.46. The highest BCUT2D eigenvalue weighted by atomic mass is 32.2. The second-order valence-electron chi connectivity index (χ2n) is 12.2. The molecule has 1 aliphatic carbocycles. The minimum atomic E-state index is -6.20. The quantitative estimate of drug-likeness (QED) is 0.118. The van der Waals surface area contributed by atoms with Crippen molar-refractivity contribution in [1.29, 1.82) is 0 Å². The number of hydrogen-bond donors (Lipinski definition) is 0. The zero-order valence-electron chi connectivity index (χ0n) is 26.4. The maximum absolute atomic E-state index is 14.6. The molecule has 0 radical (unpaired) electrons. The number of sulfone groups is 1. The van der Waals surface area contributed by atoms with Gasteiger partial charge in [0, 0.05) is 23.0 Å². The van der Waals surface area contributed by atoms with Gasteiger partial charge >= 0.3 is 12.4 Å². The number of benzene rings is 4. The second-order valence-corrected chi connectivity index (χ2v) is 14.5. The van der Waals surface area contributed by atoms with Crippen molar-refractivity contribution in [3.63, 3.8) is 0 Å². The maximum Gasteiger partial charge on any atom is 0.430 e. The normalized spacial score (nSPS) is 16.7. The fourth-order valence-electron chi connectivity index (χ4n) is 6.53. The van der Waals surface area contributed by atoms with E-state index in [-0.39, 0.29) is 23.3 Å². The molecule has 51 heavy (non-hydrogen) atoms. The summed E-state index contributed by atoms with van der Waals surface area (Å²) in [4.78, 5) is 3.85. The summed E-state index contributed by atoms with van der Waals surface area (Å²) in [6.07, 6.45) is -11.2. The zero-order valence-corrected chi connectivity index (χ0v) is 27.2. The number of aromatic nitrogens is 1. The molecule has 0 saturated carbocycles. The Balaban J connectivity index is 1.48. The molecule has 0 bridgehead atoms. The number of hydrogen-bond acceptors (Lipinski definition) is 4. The molecule has 1 unspecified atom stereocenters. The highest BCUT2D eigenvalue weighted by Gasteiger charge is 2.73. The lowest BCUT2D eigenvalue weighted by molar-refractivity contribution is -0.392. The van der Waals surface area contributed by atoms with E-state index >= 15 is 0 Å². The summed E-state index contributed by atoms with van der Waals surface area (Å²) in [7, 11) is -4.52. The van der Waals surface area contributed by atoms with Crippen LogP contribution in [0.5, 0.6) is 0 Å². The summed E-state index contributed by atoms with van der Waals surface area (Å²) in [5.41, 5.74) is -4.52. The molecule has 1 aliphatic rings. The van der Waals surface area contributed by atoms with Gasteiger partial charge in [-0.15, -0.1) is 0 Å². The Labute approximate surface area is 286 Å². The third-order valence-corrected chi connectivity index (χ3v) is 11.6. The molecule has 0 N–H and O–H groups in total. The Morgan fingerprint density at radius 2 is 1.31 bits per heavy atom. The van der Waals surface area contributed by atoms with Crippen LogP contribution in [0.3, 0.4) is 0 Å². The van der Waals surface area contributed by atoms with Crippen LogP contribution < -0.4 is 0 Å². The molecular weight excluding hydrogens is 709 g/mol. The van der Waals surface area contributed by atoms with Crippen molar-refractivity contribution in [2.75, 3.05) is 0 Å². The minimum absolute atomic E-state index is 0.147. The predicted octanol–water partition coefficient (Wildman–Crippen LogP) is 9.48. The summed E-state index contributed by atoms with van der Waals surface area (Å²) in [5.74, 6) is -3.57. The molecule has 0 amide bonds. The van der Waals surface area contributed by atoms with Crippen LogP contribution in [0.4, 0.5) is 39.5 Å². The standard InChI is InChI=1S/C37H26F9NO3S/c1-22-17-24(15-16-47-22)23-5-6-25-19-34(20-26(25)18-23,51(48,49)30-13-11-29(38)12-14-30)27-7-9-28(10-8-27)35(36(41,42)43,37(44,45)46)50-21-31-32(39)3-2-4-33(31)40/h2-18H,19-21H2,1H3. The zero-order chi connectivity index (χ0) is 37.0. The first kappa shape index (κ1) is 36.1. The molecular formula is C37H26F9NO3S. The number of halogens is 9. The van der Waals surface area contributed by atoms with Crippen LogP contribution in [0.1, 0.15) is 33.5 Å². The molecule has 5 aromatic rings. The topological polar surface area (TPSA) is 56.3 Å². The van der Waals surface area contributed by atoms with Crippen LogP contribution in [0.25, 0.3) is 11.1 Å². The molecule has 0 saturated heterocycles. The van der Waals surface area contributed by atoms with Crippen molar-refractivity contribution in [1.82, 2.24) is 4.98 Å². The minimum Gasteiger partial charge on any atom is -0.349 e. The van der Waals surface area contributed by atoms with Gasteiger partial charge in [-0.2, -0.15) is 26.3 Å². The van der Waals surface area contributed by atoms with Crippen LogP contribution in [0.2, 0.25) is 0 Å². The van der Waals surface area contributed by atoms with Crippen molar-refractivity contribution in [3.8, 4) is 11.1 Å². The molecule has 266 valence electrons. The molecule has 0 fully saturated rings. The van der Waals surface area contributed by atoms with Gasteiger partial charge in [0.05, 0.1) is 11.5 Å². The fraction of sp³-hybridized carbons (Fsp3) is 0.216. The first-order chi connectivity index (χ1) is 23.9. The van der Waals surface area contributed by atoms with E-state index in [0.717, 1.165) is 53.7 Å². The van der Waals surface area contributed by atoms with Gasteiger partial charge in [-0.25, -0.2) is 21.6 Å². The molecule has 4 nitrogen and oxygen atoms in total. The first-order valence-electron chi connectivity index (χ1n) is 15.3. The number of rotatable bonds is 8. The molecule has 0 spiro atoms. The van der Waals surface area contributed by atoms with Gasteiger partial charge in [0.2, 0.25) is 0 Å². The highest BCUT2D eigenvalue weighted by molar-refractivity contribution is 7.92. The number of pyridine rings is 1. The van der Waals surface area contributed by atoms with E-state index < -0.39 is 67.7 Å². The summed E-state index contributed by atoms with van der Waals surface area (Å²) < 4.78 is 161. The van der Waals surface area contributed by atoms with Gasteiger partial charge in [-0.3, -0.25) is 4.98 Å². The number of aryl methyl sites for hydroxylation is 1. The van der Waals surface area contributed by atoms with E-state index in [1.807, 2.05) is 6.07 Å². The third kappa shape index (κ3) is 6.18. The Hall–Kier alpha value is -4.69. The smallest absolute Gasteiger partial charge is 0.349 e. The van der Waals surface area contributed by atoms with Gasteiger partial charge in [0.25, 0.3) is 5.60 Å². The van der Waals surface area contributed by atoms with Crippen LogP contribution in [-0.4, -0.2) is 25.8 Å². The molecule has 1 heterocycles. The molecule has 4 aromatic carbocycles. The summed E-state index contributed by atoms with van der Waals surface area (Å²) >= 11 is 0. The predicted molar refractivity (Wildman–Crippen MR) is 168 cm³/mol. The molecule has 14 heteroatoms. The number of nitrogens with zero attached hydrogens (tertiary/aromatic N) is 1. The van der Waals surface area contributed by atoms with E-state index in [9.17, 15) is 47.9 Å². The van der Waals surface area contributed by atoms with Crippen molar-refractivity contribution < 1.29 is 52.7 Å². The largest absolute Gasteiger partial charge is 0.430 e. The van der Waals surface area contributed by atoms with Gasteiger partial charge in [-0.05, 0) is 96.1 Å². The van der Waals surface area contributed by atoms with Crippen LogP contribution >= 0.6 is 0 Å². The Kier molecular flexibility index (Phi) is 9.08. The lowest BCUT2D eigenvalue weighted by Gasteiger charge is -2.38. The average molecular weight is 736 g/mol. The Morgan fingerprint density at radius 1 is 0.725 bits per heavy atom. The lowest BCUT2D eigenvalue weighted by Crippen LogP contribution is -2.56. The van der Waals surface area contributed by atoms with Crippen LogP contribution in [0.15, 0.2) is 108 Å². The molecule has 1 aromatic heterocycles. The second kappa shape index (κ2) is 12.8. The van der Waals surface area contributed by atoms with E-state index in [4.69, 9.17) is 0 Å². The van der Waals surface area contributed by atoms with Gasteiger partial charge in [-0.1, -0.05) is 48.5 Å². The van der Waals surface area contributed by atoms with Crippen molar-refractivity contribution in [2.24, 2.45) is 0 Å². The lowest BCUT2D eigenvalue weighted by atomic mass is 9.88. The monoisotopic (exact) mass is 735 g/mol. The molecule has 6 rings (SSSR count). The third-order valence-electron chi connectivity index (χ3n) is 9.14. The van der Waals surface area contributed by atoms with Crippen molar-refractivity contribution in [3.05, 3.63) is 154 Å². The van der Waals surface area contributed by atoms with E-state index in [1.54, 1.807) is 37.4 Å². The van der Waals surface area contributed by atoms with Crippen molar-refractivity contribution >= 4 is 9.84 Å². The Bertz CT molecular complexity index is 2170. The maximum atomic E-state index is 14.6. The summed E-state index contributed by atoms with van der Waals surface area (Å²) in [6.45, 7) is 0.0488. The van der Waals surface area contributed by atoms with E-state index in [2.05, 4.69) is 9.72 Å². The number of fused-ring (bicyclic) bond motifs is 1. The Morgan fingerprint density at radius 3 is 1.90 bits per heavy atom. The molecule has 1 atom stereocenters. The fourth-order valence-corrected chi connectivity index (χ4v) is 8.61. The first-order valence-corrected chi connectivity index (χ1v) is 16.7. The van der Waals surface area contributed by atoms with Gasteiger partial charge < -0.3 is 4.74 Å². The highest BCUT2D eigenvalue weighted by Crippen LogP contribution is 2.54. The van der Waals surface area contributed by atoms with Gasteiger partial charge in [0.15, 0.2) is 9.84 Å². The van der Waals surface area contributed by atoms with Crippen molar-refractivity contribution in [2.45, 2.75) is 54.0 Å². The van der Waals surface area contributed by atoms with Gasteiger partial charge in [0.1, 0.15) is 22.2 Å².